The van der Waals surface area contributed by atoms with E-state index in [4.69, 9.17) is 11.6 Å². The van der Waals surface area contributed by atoms with Crippen LogP contribution in [0.4, 0.5) is 5.69 Å². The molecule has 0 saturated heterocycles. The van der Waals surface area contributed by atoms with Gasteiger partial charge < -0.3 is 5.32 Å². The number of benzene rings is 2. The van der Waals surface area contributed by atoms with Crippen molar-refractivity contribution >= 4 is 34.8 Å². The molecule has 1 heterocycles. The molecule has 0 bridgehead atoms. The van der Waals surface area contributed by atoms with Gasteiger partial charge in [0, 0.05) is 21.8 Å². The molecular weight excluding hydrogens is 282 g/mol. The summed E-state index contributed by atoms with van der Waals surface area (Å²) in [7, 11) is 0. The topological polar surface area (TPSA) is 29.1 Å². The summed E-state index contributed by atoms with van der Waals surface area (Å²) in [6.45, 7) is 4.33. The summed E-state index contributed by atoms with van der Waals surface area (Å²) >= 11 is 6.03. The molecule has 0 aromatic heterocycles. The van der Waals surface area contributed by atoms with Crippen LogP contribution in [0.5, 0.6) is 0 Å². The normalized spacial score (nSPS) is 15.4. The maximum absolute atomic E-state index is 12.1. The average Bonchev–Trinajstić information content (AvgIpc) is 2.76. The Kier molecular flexibility index (Phi) is 3.56. The predicted octanol–water partition coefficient (Wildman–Crippen LogP) is 4.96. The standard InChI is InChI=1S/C18H16ClNO/c1-11(2)13-5-3-12(4-6-13)9-16-15-10-14(19)7-8-17(15)20-18(16)21/h3-11H,1-2H3,(H,20,21)/b16-9-. The molecule has 2 aromatic rings. The molecule has 0 unspecified atom stereocenters. The highest BCUT2D eigenvalue weighted by Gasteiger charge is 2.24. The highest BCUT2D eigenvalue weighted by molar-refractivity contribution is 6.36. The molecule has 3 rings (SSSR count). The molecule has 1 aliphatic heterocycles. The van der Waals surface area contributed by atoms with E-state index >= 15 is 0 Å². The second kappa shape index (κ2) is 5.38. The van der Waals surface area contributed by atoms with Crippen LogP contribution < -0.4 is 5.32 Å². The fraction of sp³-hybridized carbons (Fsp3) is 0.167. The maximum Gasteiger partial charge on any atom is 0.256 e. The summed E-state index contributed by atoms with van der Waals surface area (Å²) in [5.41, 5.74) is 4.63. The largest absolute Gasteiger partial charge is 0.321 e. The molecule has 21 heavy (non-hydrogen) atoms. The van der Waals surface area contributed by atoms with Crippen LogP contribution in [0.15, 0.2) is 42.5 Å². The quantitative estimate of drug-likeness (QED) is 0.780. The zero-order valence-electron chi connectivity index (χ0n) is 12.0. The second-order valence-electron chi connectivity index (χ2n) is 5.52. The highest BCUT2D eigenvalue weighted by Crippen LogP contribution is 2.35. The first kappa shape index (κ1) is 13.9. The second-order valence-corrected chi connectivity index (χ2v) is 5.96. The van der Waals surface area contributed by atoms with E-state index in [1.54, 1.807) is 6.07 Å². The van der Waals surface area contributed by atoms with Gasteiger partial charge in [-0.05, 0) is 41.3 Å². The minimum absolute atomic E-state index is 0.0831. The number of anilines is 1. The fourth-order valence-corrected chi connectivity index (χ4v) is 2.62. The van der Waals surface area contributed by atoms with Crippen LogP contribution in [-0.2, 0) is 4.79 Å². The summed E-state index contributed by atoms with van der Waals surface area (Å²) in [4.78, 5) is 12.1. The smallest absolute Gasteiger partial charge is 0.256 e. The van der Waals surface area contributed by atoms with Gasteiger partial charge in [0.25, 0.3) is 5.91 Å². The Labute approximate surface area is 129 Å². The Morgan fingerprint density at radius 1 is 1.10 bits per heavy atom. The highest BCUT2D eigenvalue weighted by atomic mass is 35.5. The van der Waals surface area contributed by atoms with Gasteiger partial charge in [-0.25, -0.2) is 0 Å². The Morgan fingerprint density at radius 2 is 1.81 bits per heavy atom. The van der Waals surface area contributed by atoms with E-state index in [1.165, 1.54) is 5.56 Å². The van der Waals surface area contributed by atoms with Gasteiger partial charge in [0.1, 0.15) is 0 Å². The molecule has 0 saturated carbocycles. The lowest BCUT2D eigenvalue weighted by atomic mass is 9.99. The molecular formula is C18H16ClNO. The average molecular weight is 298 g/mol. The van der Waals surface area contributed by atoms with E-state index in [1.807, 2.05) is 30.3 Å². The summed E-state index contributed by atoms with van der Waals surface area (Å²) in [5.74, 6) is 0.418. The first-order chi connectivity index (χ1) is 10.0. The number of hydrogen-bond donors (Lipinski definition) is 1. The van der Waals surface area contributed by atoms with Crippen molar-refractivity contribution in [1.82, 2.24) is 0 Å². The molecule has 2 nitrogen and oxygen atoms in total. The lowest BCUT2D eigenvalue weighted by molar-refractivity contribution is -0.110. The minimum atomic E-state index is -0.0831. The SMILES string of the molecule is CC(C)c1ccc(/C=C2\C(=O)Nc3ccc(Cl)cc32)cc1. The number of nitrogens with one attached hydrogen (secondary N) is 1. The van der Waals surface area contributed by atoms with E-state index in [2.05, 4.69) is 31.3 Å². The van der Waals surface area contributed by atoms with Gasteiger partial charge in [0.2, 0.25) is 0 Å². The van der Waals surface area contributed by atoms with Gasteiger partial charge in [-0.3, -0.25) is 4.79 Å². The Hall–Kier alpha value is -2.06. The number of carbonyl (C=O) groups excluding carboxylic acids is 1. The lowest BCUT2D eigenvalue weighted by Gasteiger charge is -2.05. The molecule has 1 N–H and O–H groups in total. The van der Waals surface area contributed by atoms with E-state index < -0.39 is 0 Å². The van der Waals surface area contributed by atoms with Crippen molar-refractivity contribution in [3.05, 3.63) is 64.2 Å². The minimum Gasteiger partial charge on any atom is -0.321 e. The van der Waals surface area contributed by atoms with E-state index in [0.29, 0.717) is 16.5 Å². The lowest BCUT2D eigenvalue weighted by Crippen LogP contribution is -2.03. The molecule has 106 valence electrons. The van der Waals surface area contributed by atoms with Crippen LogP contribution in [0.1, 0.15) is 36.5 Å². The molecule has 0 spiro atoms. The van der Waals surface area contributed by atoms with Crippen molar-refractivity contribution in [2.75, 3.05) is 5.32 Å². The summed E-state index contributed by atoms with van der Waals surface area (Å²) < 4.78 is 0. The first-order valence-corrected chi connectivity index (χ1v) is 7.35. The molecule has 0 aliphatic carbocycles. The van der Waals surface area contributed by atoms with Gasteiger partial charge in [0.05, 0.1) is 0 Å². The molecule has 0 atom stereocenters. The van der Waals surface area contributed by atoms with E-state index in [-0.39, 0.29) is 5.91 Å². The van der Waals surface area contributed by atoms with E-state index in [0.717, 1.165) is 16.8 Å². The summed E-state index contributed by atoms with van der Waals surface area (Å²) in [6.07, 6.45) is 1.90. The van der Waals surface area contributed by atoms with Gasteiger partial charge in [-0.2, -0.15) is 0 Å². The van der Waals surface area contributed by atoms with Crippen molar-refractivity contribution in [2.24, 2.45) is 0 Å². The number of rotatable bonds is 2. The molecule has 0 fully saturated rings. The van der Waals surface area contributed by atoms with Gasteiger partial charge in [-0.15, -0.1) is 0 Å². The molecule has 1 aliphatic rings. The van der Waals surface area contributed by atoms with Gasteiger partial charge in [0.15, 0.2) is 0 Å². The molecule has 3 heteroatoms. The number of halogens is 1. The first-order valence-electron chi connectivity index (χ1n) is 6.97. The van der Waals surface area contributed by atoms with Crippen LogP contribution in [0.2, 0.25) is 5.02 Å². The Morgan fingerprint density at radius 3 is 2.48 bits per heavy atom. The van der Waals surface area contributed by atoms with Crippen LogP contribution in [-0.4, -0.2) is 5.91 Å². The Balaban J connectivity index is 2.00. The number of carbonyl (C=O) groups is 1. The van der Waals surface area contributed by atoms with Crippen molar-refractivity contribution in [3.8, 4) is 0 Å². The maximum atomic E-state index is 12.1. The number of amides is 1. The van der Waals surface area contributed by atoms with Crippen LogP contribution in [0.3, 0.4) is 0 Å². The predicted molar refractivity (Wildman–Crippen MR) is 88.5 cm³/mol. The number of fused-ring (bicyclic) bond motifs is 1. The third-order valence-corrected chi connectivity index (χ3v) is 3.91. The van der Waals surface area contributed by atoms with Crippen molar-refractivity contribution < 1.29 is 4.79 Å². The van der Waals surface area contributed by atoms with Crippen LogP contribution >= 0.6 is 11.6 Å². The zero-order chi connectivity index (χ0) is 15.0. The van der Waals surface area contributed by atoms with Crippen LogP contribution in [0, 0.1) is 0 Å². The summed E-state index contributed by atoms with van der Waals surface area (Å²) in [5, 5.41) is 3.49. The molecule has 0 radical (unpaired) electrons. The van der Waals surface area contributed by atoms with E-state index in [9.17, 15) is 4.79 Å². The third-order valence-electron chi connectivity index (χ3n) is 3.68. The van der Waals surface area contributed by atoms with Gasteiger partial charge >= 0.3 is 0 Å². The number of hydrogen-bond acceptors (Lipinski definition) is 1. The van der Waals surface area contributed by atoms with Crippen LogP contribution in [0.25, 0.3) is 11.6 Å². The third kappa shape index (κ3) is 2.72. The molecule has 1 amide bonds. The van der Waals surface area contributed by atoms with Crippen molar-refractivity contribution in [1.29, 1.82) is 0 Å². The van der Waals surface area contributed by atoms with Crippen molar-refractivity contribution in [3.63, 3.8) is 0 Å². The zero-order valence-corrected chi connectivity index (χ0v) is 12.7. The Bertz CT molecular complexity index is 729. The van der Waals surface area contributed by atoms with Crippen molar-refractivity contribution in [2.45, 2.75) is 19.8 Å². The van der Waals surface area contributed by atoms with Gasteiger partial charge in [-0.1, -0.05) is 49.7 Å². The fourth-order valence-electron chi connectivity index (χ4n) is 2.45. The monoisotopic (exact) mass is 297 g/mol. The summed E-state index contributed by atoms with van der Waals surface area (Å²) in [6, 6.07) is 13.7. The molecule has 2 aromatic carbocycles.